The van der Waals surface area contributed by atoms with Gasteiger partial charge in [0.1, 0.15) is 0 Å². The Morgan fingerprint density at radius 2 is 1.55 bits per heavy atom. The zero-order valence-corrected chi connectivity index (χ0v) is 5.98. The maximum atomic E-state index is 10.3. The minimum absolute atomic E-state index is 0.00694. The molecule has 0 unspecified atom stereocenters. The predicted octanol–water partition coefficient (Wildman–Crippen LogP) is -0.450. The smallest absolute Gasteiger partial charge is 0.369 e. The van der Waals surface area contributed by atoms with E-state index < -0.39 is 22.1 Å². The summed E-state index contributed by atoms with van der Waals surface area (Å²) in [6.07, 6.45) is 0. The molecule has 11 heavy (non-hydrogen) atoms. The van der Waals surface area contributed by atoms with Gasteiger partial charge in [-0.3, -0.25) is 4.55 Å². The first-order chi connectivity index (χ1) is 4.93. The van der Waals surface area contributed by atoms with Gasteiger partial charge in [-0.05, 0) is 0 Å². The molecule has 0 spiro atoms. The van der Waals surface area contributed by atoms with Crippen molar-refractivity contribution in [2.75, 3.05) is 0 Å². The second kappa shape index (κ2) is 2.14. The van der Waals surface area contributed by atoms with E-state index in [-0.39, 0.29) is 3.97 Å². The Labute approximate surface area is 62.2 Å². The summed E-state index contributed by atoms with van der Waals surface area (Å²) in [6, 6.07) is 1.87. The lowest BCUT2D eigenvalue weighted by Gasteiger charge is -1.99. The number of nitrogens with zero attached hydrogens (tertiary/aromatic N) is 1. The number of hydrogen-bond acceptors (Lipinski definition) is 4. The summed E-state index contributed by atoms with van der Waals surface area (Å²) in [5, 5.41) is 17.5. The summed E-state index contributed by atoms with van der Waals surface area (Å²) >= 11 is 0. The fraction of sp³-hybridized carbons (Fsp3) is 0. The van der Waals surface area contributed by atoms with Gasteiger partial charge in [-0.15, -0.1) is 0 Å². The van der Waals surface area contributed by atoms with Crippen LogP contribution in [0.25, 0.3) is 0 Å². The molecule has 62 valence electrons. The number of hydrogen-bond donors (Lipinski definition) is 3. The largest absolute Gasteiger partial charge is 0.494 e. The standard InChI is InChI=1S/C4H5NO5S/c6-3-1-2-4(7)5(3)11(8,9)10/h1-2,6-7H,(H,8,9,10). The van der Waals surface area contributed by atoms with Gasteiger partial charge >= 0.3 is 10.3 Å². The summed E-state index contributed by atoms with van der Waals surface area (Å²) < 4.78 is 29.0. The van der Waals surface area contributed by atoms with E-state index in [9.17, 15) is 8.42 Å². The molecule has 3 N–H and O–H groups in total. The Morgan fingerprint density at radius 1 is 1.18 bits per heavy atom. The van der Waals surface area contributed by atoms with Gasteiger partial charge in [0, 0.05) is 12.1 Å². The second-order valence-electron chi connectivity index (χ2n) is 1.79. The van der Waals surface area contributed by atoms with Crippen molar-refractivity contribution >= 4 is 10.3 Å². The Hall–Kier alpha value is -1.21. The van der Waals surface area contributed by atoms with Crippen molar-refractivity contribution in [2.45, 2.75) is 0 Å². The van der Waals surface area contributed by atoms with Crippen molar-refractivity contribution < 1.29 is 23.2 Å². The summed E-state index contributed by atoms with van der Waals surface area (Å²) in [6.45, 7) is 0. The van der Waals surface area contributed by atoms with Gasteiger partial charge in [0.15, 0.2) is 0 Å². The predicted molar refractivity (Wildman–Crippen MR) is 34.7 cm³/mol. The highest BCUT2D eigenvalue weighted by Gasteiger charge is 2.16. The van der Waals surface area contributed by atoms with E-state index in [4.69, 9.17) is 14.8 Å². The molecule has 0 saturated heterocycles. The first-order valence-electron chi connectivity index (χ1n) is 2.50. The molecule has 1 heterocycles. The third-order valence-corrected chi connectivity index (χ3v) is 1.86. The first-order valence-corrected chi connectivity index (χ1v) is 3.90. The van der Waals surface area contributed by atoms with Crippen LogP contribution in [-0.2, 0) is 10.3 Å². The topological polar surface area (TPSA) is 99.8 Å². The third kappa shape index (κ3) is 1.28. The van der Waals surface area contributed by atoms with E-state index in [1.807, 2.05) is 0 Å². The van der Waals surface area contributed by atoms with Crippen LogP contribution in [-0.4, -0.2) is 27.2 Å². The number of rotatable bonds is 1. The average Bonchev–Trinajstić information content (AvgIpc) is 2.08. The van der Waals surface area contributed by atoms with Crippen LogP contribution in [0.4, 0.5) is 0 Å². The molecule has 0 aromatic carbocycles. The van der Waals surface area contributed by atoms with Gasteiger partial charge in [0.25, 0.3) is 0 Å². The molecule has 0 saturated carbocycles. The quantitative estimate of drug-likeness (QED) is 0.507. The lowest BCUT2D eigenvalue weighted by molar-refractivity contribution is 0.391. The Kier molecular flexibility index (Phi) is 1.53. The van der Waals surface area contributed by atoms with Crippen molar-refractivity contribution in [1.29, 1.82) is 0 Å². The van der Waals surface area contributed by atoms with E-state index in [2.05, 4.69) is 0 Å². The zero-order valence-electron chi connectivity index (χ0n) is 5.17. The highest BCUT2D eigenvalue weighted by Crippen LogP contribution is 2.22. The van der Waals surface area contributed by atoms with Gasteiger partial charge < -0.3 is 10.2 Å². The summed E-state index contributed by atoms with van der Waals surface area (Å²) in [4.78, 5) is 0. The molecule has 1 aromatic rings. The van der Waals surface area contributed by atoms with Crippen LogP contribution >= 0.6 is 0 Å². The van der Waals surface area contributed by atoms with E-state index in [0.717, 1.165) is 12.1 Å². The Balaban J connectivity index is 3.45. The van der Waals surface area contributed by atoms with E-state index in [1.54, 1.807) is 0 Å². The zero-order chi connectivity index (χ0) is 8.65. The maximum Gasteiger partial charge on any atom is 0.369 e. The minimum Gasteiger partial charge on any atom is -0.494 e. The van der Waals surface area contributed by atoms with Crippen molar-refractivity contribution in [1.82, 2.24) is 3.97 Å². The molecule has 7 heteroatoms. The van der Waals surface area contributed by atoms with E-state index >= 15 is 0 Å². The number of aromatic hydroxyl groups is 2. The molecule has 0 aliphatic carbocycles. The van der Waals surface area contributed by atoms with Gasteiger partial charge in [-0.1, -0.05) is 0 Å². The molecular formula is C4H5NO5S. The first kappa shape index (κ1) is 7.89. The monoisotopic (exact) mass is 179 g/mol. The molecular weight excluding hydrogens is 174 g/mol. The highest BCUT2D eigenvalue weighted by molar-refractivity contribution is 7.84. The van der Waals surface area contributed by atoms with Crippen LogP contribution in [0.15, 0.2) is 12.1 Å². The van der Waals surface area contributed by atoms with E-state index in [1.165, 1.54) is 0 Å². The lowest BCUT2D eigenvalue weighted by Crippen LogP contribution is -2.08. The molecule has 0 aliphatic rings. The molecule has 1 rings (SSSR count). The van der Waals surface area contributed by atoms with Crippen LogP contribution < -0.4 is 0 Å². The molecule has 1 aromatic heterocycles. The summed E-state index contributed by atoms with van der Waals surface area (Å²) in [5.41, 5.74) is 0. The van der Waals surface area contributed by atoms with Gasteiger partial charge in [0.2, 0.25) is 11.8 Å². The SMILES string of the molecule is O=S(=O)(O)n1c(O)ccc1O. The molecule has 0 bridgehead atoms. The fourth-order valence-corrected chi connectivity index (χ4v) is 1.23. The van der Waals surface area contributed by atoms with Crippen LogP contribution in [0.1, 0.15) is 0 Å². The van der Waals surface area contributed by atoms with Crippen LogP contribution in [0.5, 0.6) is 11.8 Å². The summed E-state index contributed by atoms with van der Waals surface area (Å²) in [7, 11) is -4.60. The minimum atomic E-state index is -4.60. The molecule has 0 fully saturated rings. The average molecular weight is 179 g/mol. The van der Waals surface area contributed by atoms with Crippen molar-refractivity contribution in [3.8, 4) is 11.8 Å². The number of aromatic nitrogens is 1. The Bertz CT molecular complexity index is 344. The van der Waals surface area contributed by atoms with Crippen molar-refractivity contribution in [3.63, 3.8) is 0 Å². The normalized spacial score (nSPS) is 11.7. The fourth-order valence-electron chi connectivity index (χ4n) is 0.638. The van der Waals surface area contributed by atoms with Gasteiger partial charge in [-0.2, -0.15) is 12.4 Å². The van der Waals surface area contributed by atoms with E-state index in [0.29, 0.717) is 0 Å². The molecule has 0 aliphatic heterocycles. The van der Waals surface area contributed by atoms with Crippen molar-refractivity contribution in [2.24, 2.45) is 0 Å². The summed E-state index contributed by atoms with van der Waals surface area (Å²) in [5.74, 6) is -1.49. The lowest BCUT2D eigenvalue weighted by atomic mass is 10.6. The molecule has 0 amide bonds. The van der Waals surface area contributed by atoms with Crippen LogP contribution in [0, 0.1) is 0 Å². The van der Waals surface area contributed by atoms with Crippen LogP contribution in [0.3, 0.4) is 0 Å². The highest BCUT2D eigenvalue weighted by atomic mass is 32.2. The Morgan fingerprint density at radius 3 is 1.73 bits per heavy atom. The molecule has 0 radical (unpaired) electrons. The second-order valence-corrected chi connectivity index (χ2v) is 3.05. The van der Waals surface area contributed by atoms with Crippen molar-refractivity contribution in [3.05, 3.63) is 12.1 Å². The third-order valence-electron chi connectivity index (χ3n) is 1.03. The van der Waals surface area contributed by atoms with Gasteiger partial charge in [0.05, 0.1) is 0 Å². The molecule has 6 nitrogen and oxygen atoms in total. The molecule has 0 atom stereocenters. The maximum absolute atomic E-state index is 10.3. The van der Waals surface area contributed by atoms with Gasteiger partial charge in [-0.25, -0.2) is 0 Å². The van der Waals surface area contributed by atoms with Crippen LogP contribution in [0.2, 0.25) is 0 Å².